The van der Waals surface area contributed by atoms with E-state index in [2.05, 4.69) is 92.5 Å². The molecule has 0 bridgehead atoms. The first-order valence-electron chi connectivity index (χ1n) is 8.49. The van der Waals surface area contributed by atoms with Crippen LogP contribution in [0, 0.1) is 6.20 Å². The van der Waals surface area contributed by atoms with Gasteiger partial charge in [0.1, 0.15) is 0 Å². The molecule has 0 fully saturated rings. The molecule has 3 rings (SSSR count). The van der Waals surface area contributed by atoms with Gasteiger partial charge < -0.3 is 4.90 Å². The van der Waals surface area contributed by atoms with Crippen LogP contribution in [0.3, 0.4) is 0 Å². The highest BCUT2D eigenvalue weighted by atomic mass is 15.2. The summed E-state index contributed by atoms with van der Waals surface area (Å²) >= 11 is 0. The third-order valence-electron chi connectivity index (χ3n) is 4.57. The molecule has 23 heavy (non-hydrogen) atoms. The quantitative estimate of drug-likeness (QED) is 0.684. The standard InChI is InChI=1S/C22H24N/c1-4-20-17(3)16-23(19-14-10-7-11-15-19)21(5-2)22(20)18-12-8-6-9-13-18/h6-15,21H,4-5H2,1-3H3. The molecule has 0 aliphatic carbocycles. The van der Waals surface area contributed by atoms with Crippen molar-refractivity contribution in [3.63, 3.8) is 0 Å². The first-order chi connectivity index (χ1) is 11.3. The van der Waals surface area contributed by atoms with Crippen molar-refractivity contribution in [2.24, 2.45) is 0 Å². The average Bonchev–Trinajstić information content (AvgIpc) is 2.62. The van der Waals surface area contributed by atoms with Crippen molar-refractivity contribution in [2.45, 2.75) is 39.7 Å². The number of nitrogens with zero attached hydrogens (tertiary/aromatic N) is 1. The van der Waals surface area contributed by atoms with E-state index in [-0.39, 0.29) is 0 Å². The number of anilines is 1. The molecular formula is C22H24N. The first kappa shape index (κ1) is 15.6. The summed E-state index contributed by atoms with van der Waals surface area (Å²) < 4.78 is 0. The molecule has 0 amide bonds. The zero-order valence-corrected chi connectivity index (χ0v) is 14.2. The summed E-state index contributed by atoms with van der Waals surface area (Å²) in [6.45, 7) is 6.69. The summed E-state index contributed by atoms with van der Waals surface area (Å²) in [5.74, 6) is 0. The maximum Gasteiger partial charge on any atom is 0.0693 e. The predicted molar refractivity (Wildman–Crippen MR) is 99.1 cm³/mol. The van der Waals surface area contributed by atoms with Gasteiger partial charge in [-0.25, -0.2) is 0 Å². The fourth-order valence-corrected chi connectivity index (χ4v) is 3.52. The van der Waals surface area contributed by atoms with Crippen LogP contribution in [0.5, 0.6) is 0 Å². The van der Waals surface area contributed by atoms with E-state index in [1.807, 2.05) is 0 Å². The maximum atomic E-state index is 3.63. The second-order valence-corrected chi connectivity index (χ2v) is 5.98. The normalized spacial score (nSPS) is 18.1. The average molecular weight is 302 g/mol. The van der Waals surface area contributed by atoms with E-state index in [0.717, 1.165) is 12.8 Å². The zero-order chi connectivity index (χ0) is 16.2. The van der Waals surface area contributed by atoms with Crippen molar-refractivity contribution in [3.05, 3.63) is 83.6 Å². The summed E-state index contributed by atoms with van der Waals surface area (Å²) in [6.07, 6.45) is 5.73. The molecule has 0 aromatic heterocycles. The Labute approximate surface area is 140 Å². The molecule has 1 atom stereocenters. The van der Waals surface area contributed by atoms with Gasteiger partial charge in [-0.1, -0.05) is 62.4 Å². The van der Waals surface area contributed by atoms with Crippen LogP contribution < -0.4 is 4.90 Å². The monoisotopic (exact) mass is 302 g/mol. The van der Waals surface area contributed by atoms with E-state index in [9.17, 15) is 0 Å². The van der Waals surface area contributed by atoms with Crippen molar-refractivity contribution < 1.29 is 0 Å². The number of rotatable bonds is 4. The Bertz CT molecular complexity index is 710. The second kappa shape index (κ2) is 6.87. The van der Waals surface area contributed by atoms with Gasteiger partial charge in [-0.2, -0.15) is 0 Å². The van der Waals surface area contributed by atoms with E-state index in [0.29, 0.717) is 6.04 Å². The Balaban J connectivity index is 2.14. The van der Waals surface area contributed by atoms with Gasteiger partial charge in [0.05, 0.1) is 12.2 Å². The largest absolute Gasteiger partial charge is 0.332 e. The SMILES string of the molecule is CCC1=C(c2ccccc2)C(CC)N(c2ccccc2)[C]=C1C. The van der Waals surface area contributed by atoms with E-state index in [4.69, 9.17) is 0 Å². The fraction of sp³-hybridized carbons (Fsp3) is 0.273. The number of benzene rings is 2. The number of hydrogen-bond donors (Lipinski definition) is 0. The van der Waals surface area contributed by atoms with Crippen molar-refractivity contribution >= 4 is 11.3 Å². The Morgan fingerprint density at radius 1 is 0.913 bits per heavy atom. The van der Waals surface area contributed by atoms with E-state index in [1.54, 1.807) is 0 Å². The van der Waals surface area contributed by atoms with E-state index < -0.39 is 0 Å². The van der Waals surface area contributed by atoms with Crippen molar-refractivity contribution in [1.29, 1.82) is 0 Å². The fourth-order valence-electron chi connectivity index (χ4n) is 3.52. The lowest BCUT2D eigenvalue weighted by Gasteiger charge is -2.37. The van der Waals surface area contributed by atoms with Crippen LogP contribution >= 0.6 is 0 Å². The van der Waals surface area contributed by atoms with Crippen LogP contribution in [0.2, 0.25) is 0 Å². The smallest absolute Gasteiger partial charge is 0.0693 e. The predicted octanol–water partition coefficient (Wildman–Crippen LogP) is 5.86. The molecule has 2 aromatic carbocycles. The summed E-state index contributed by atoms with van der Waals surface area (Å²) in [7, 11) is 0. The molecule has 1 unspecified atom stereocenters. The van der Waals surface area contributed by atoms with Crippen LogP contribution in [-0.4, -0.2) is 6.04 Å². The third-order valence-corrected chi connectivity index (χ3v) is 4.57. The molecule has 117 valence electrons. The van der Waals surface area contributed by atoms with Crippen molar-refractivity contribution in [1.82, 2.24) is 0 Å². The summed E-state index contributed by atoms with van der Waals surface area (Å²) in [5.41, 5.74) is 6.69. The van der Waals surface area contributed by atoms with Gasteiger partial charge in [0.25, 0.3) is 0 Å². The molecule has 2 aromatic rings. The molecule has 1 aliphatic heterocycles. The highest BCUT2D eigenvalue weighted by Gasteiger charge is 2.28. The molecule has 1 heterocycles. The van der Waals surface area contributed by atoms with Crippen molar-refractivity contribution in [3.8, 4) is 0 Å². The van der Waals surface area contributed by atoms with Gasteiger partial charge in [-0.15, -0.1) is 0 Å². The van der Waals surface area contributed by atoms with Crippen LogP contribution in [-0.2, 0) is 0 Å². The highest BCUT2D eigenvalue weighted by Crippen LogP contribution is 2.38. The summed E-state index contributed by atoms with van der Waals surface area (Å²) in [5, 5.41) is 0. The van der Waals surface area contributed by atoms with Crippen LogP contribution in [0.4, 0.5) is 5.69 Å². The number of allylic oxidation sites excluding steroid dienone is 2. The van der Waals surface area contributed by atoms with Crippen LogP contribution in [0.1, 0.15) is 39.2 Å². The van der Waals surface area contributed by atoms with Crippen molar-refractivity contribution in [2.75, 3.05) is 4.90 Å². The van der Waals surface area contributed by atoms with Gasteiger partial charge in [0.2, 0.25) is 0 Å². The molecule has 1 heteroatoms. The topological polar surface area (TPSA) is 3.24 Å². The first-order valence-corrected chi connectivity index (χ1v) is 8.49. The Morgan fingerprint density at radius 2 is 1.52 bits per heavy atom. The van der Waals surface area contributed by atoms with Gasteiger partial charge >= 0.3 is 0 Å². The molecule has 0 saturated heterocycles. The van der Waals surface area contributed by atoms with Crippen LogP contribution in [0.25, 0.3) is 5.57 Å². The Hall–Kier alpha value is -2.28. The van der Waals surface area contributed by atoms with E-state index in [1.165, 1.54) is 28.0 Å². The minimum Gasteiger partial charge on any atom is -0.332 e. The Morgan fingerprint density at radius 3 is 2.09 bits per heavy atom. The van der Waals surface area contributed by atoms with Gasteiger partial charge in [-0.05, 0) is 54.2 Å². The highest BCUT2D eigenvalue weighted by molar-refractivity contribution is 5.81. The lowest BCUT2D eigenvalue weighted by Crippen LogP contribution is -2.35. The van der Waals surface area contributed by atoms with Gasteiger partial charge in [0.15, 0.2) is 0 Å². The Kier molecular flexibility index (Phi) is 4.66. The second-order valence-electron chi connectivity index (χ2n) is 5.98. The number of para-hydroxylation sites is 1. The lowest BCUT2D eigenvalue weighted by molar-refractivity contribution is 0.728. The molecule has 1 aliphatic rings. The maximum absolute atomic E-state index is 3.63. The molecule has 0 saturated carbocycles. The minimum atomic E-state index is 0.332. The van der Waals surface area contributed by atoms with Gasteiger partial charge in [-0.3, -0.25) is 0 Å². The number of hydrogen-bond acceptors (Lipinski definition) is 1. The molecule has 1 nitrogen and oxygen atoms in total. The van der Waals surface area contributed by atoms with Gasteiger partial charge in [0, 0.05) is 5.69 Å². The minimum absolute atomic E-state index is 0.332. The molecule has 0 spiro atoms. The van der Waals surface area contributed by atoms with E-state index >= 15 is 0 Å². The van der Waals surface area contributed by atoms with Crippen LogP contribution in [0.15, 0.2) is 71.8 Å². The molecular weight excluding hydrogens is 278 g/mol. The lowest BCUT2D eigenvalue weighted by atomic mass is 9.84. The summed E-state index contributed by atoms with van der Waals surface area (Å²) in [6, 6.07) is 21.7. The molecule has 1 radical (unpaired) electrons. The molecule has 0 N–H and O–H groups in total. The zero-order valence-electron chi connectivity index (χ0n) is 14.2. The summed E-state index contributed by atoms with van der Waals surface area (Å²) in [4.78, 5) is 2.32. The third kappa shape index (κ3) is 2.96.